The van der Waals surface area contributed by atoms with Gasteiger partial charge >= 0.3 is 0 Å². The second-order valence-corrected chi connectivity index (χ2v) is 12.6. The van der Waals surface area contributed by atoms with E-state index >= 15 is 0 Å². The fourth-order valence-corrected chi connectivity index (χ4v) is 7.03. The minimum absolute atomic E-state index is 0.00864. The molecule has 11 heteroatoms. The zero-order valence-corrected chi connectivity index (χ0v) is 21.9. The molecule has 1 saturated heterocycles. The molecule has 0 spiro atoms. The van der Waals surface area contributed by atoms with E-state index in [1.807, 2.05) is 13.0 Å². The lowest BCUT2D eigenvalue weighted by Gasteiger charge is -2.31. The first-order chi connectivity index (χ1) is 17.3. The summed E-state index contributed by atoms with van der Waals surface area (Å²) in [5.74, 6) is -1.06. The topological polar surface area (TPSA) is 126 Å². The van der Waals surface area contributed by atoms with Crippen molar-refractivity contribution in [2.24, 2.45) is 5.92 Å². The Kier molecular flexibility index (Phi) is 8.53. The zero-order valence-electron chi connectivity index (χ0n) is 20.3. The van der Waals surface area contributed by atoms with Crippen molar-refractivity contribution in [3.05, 3.63) is 46.3 Å². The molecule has 1 unspecified atom stereocenters. The third-order valence-corrected chi connectivity index (χ3v) is 9.60. The van der Waals surface area contributed by atoms with Crippen molar-refractivity contribution in [2.75, 3.05) is 13.1 Å². The first kappa shape index (κ1) is 26.4. The van der Waals surface area contributed by atoms with Crippen molar-refractivity contribution in [1.82, 2.24) is 19.9 Å². The van der Waals surface area contributed by atoms with Crippen LogP contribution < -0.4 is 10.6 Å². The van der Waals surface area contributed by atoms with Crippen molar-refractivity contribution in [1.29, 1.82) is 0 Å². The number of nitrogens with zero attached hydrogens (tertiary/aromatic N) is 2. The van der Waals surface area contributed by atoms with Crippen LogP contribution in [0.15, 0.2) is 41.6 Å². The molecule has 1 saturated carbocycles. The Bertz CT molecular complexity index is 1190. The van der Waals surface area contributed by atoms with Gasteiger partial charge in [-0.15, -0.1) is 11.3 Å². The largest absolute Gasteiger partial charge is 0.344 e. The number of Topliss-reactive ketones (excluding diaryl/α,β-unsaturated/α-hetero) is 1. The van der Waals surface area contributed by atoms with Crippen LogP contribution in [-0.2, 0) is 19.6 Å². The van der Waals surface area contributed by atoms with Crippen LogP contribution in [0, 0.1) is 12.8 Å². The molecule has 2 aromatic heterocycles. The van der Waals surface area contributed by atoms with Gasteiger partial charge < -0.3 is 10.6 Å². The van der Waals surface area contributed by atoms with Gasteiger partial charge in [0.05, 0.1) is 17.5 Å². The molecule has 1 aliphatic heterocycles. The summed E-state index contributed by atoms with van der Waals surface area (Å²) in [6, 6.07) is 6.66. The number of amides is 2. The summed E-state index contributed by atoms with van der Waals surface area (Å²) in [6.07, 6.45) is 6.88. The number of ketones is 1. The molecule has 1 aliphatic carbocycles. The number of carbonyl (C=O) groups excluding carboxylic acids is 3. The molecule has 2 amide bonds. The van der Waals surface area contributed by atoms with E-state index in [1.54, 1.807) is 18.2 Å². The highest BCUT2D eigenvalue weighted by Gasteiger charge is 2.37. The molecule has 2 aromatic rings. The second-order valence-electron chi connectivity index (χ2n) is 9.44. The zero-order chi connectivity index (χ0) is 25.7. The minimum atomic E-state index is -3.92. The molecule has 0 radical (unpaired) electrons. The Morgan fingerprint density at radius 3 is 2.53 bits per heavy atom. The lowest BCUT2D eigenvalue weighted by molar-refractivity contribution is -0.129. The van der Waals surface area contributed by atoms with Crippen molar-refractivity contribution in [3.63, 3.8) is 0 Å². The van der Waals surface area contributed by atoms with Gasteiger partial charge in [0, 0.05) is 17.6 Å². The molecular formula is C25H32N4O5S2. The molecule has 4 rings (SSSR count). The van der Waals surface area contributed by atoms with Crippen molar-refractivity contribution < 1.29 is 22.8 Å². The maximum absolute atomic E-state index is 13.4. The van der Waals surface area contributed by atoms with Crippen LogP contribution >= 0.6 is 11.3 Å². The normalized spacial score (nSPS) is 20.9. The highest BCUT2D eigenvalue weighted by Crippen LogP contribution is 2.28. The molecule has 194 valence electrons. The predicted octanol–water partition coefficient (Wildman–Crippen LogP) is 2.67. The third kappa shape index (κ3) is 6.19. The van der Waals surface area contributed by atoms with Gasteiger partial charge in [-0.2, -0.15) is 4.31 Å². The van der Waals surface area contributed by atoms with Gasteiger partial charge in [0.15, 0.2) is 10.8 Å². The number of carbonyl (C=O) groups is 3. The number of sulfonamides is 1. The van der Waals surface area contributed by atoms with Crippen LogP contribution in [0.25, 0.3) is 0 Å². The SMILES string of the molecule is Cc1ccc(C(=O)N[C@H](C(=O)NC2CCCN(S(=O)(=O)c3ccccn3)CC2=O)C2CCCCC2)s1. The molecule has 36 heavy (non-hydrogen) atoms. The highest BCUT2D eigenvalue weighted by molar-refractivity contribution is 7.89. The van der Waals surface area contributed by atoms with E-state index in [0.29, 0.717) is 17.7 Å². The summed E-state index contributed by atoms with van der Waals surface area (Å²) >= 11 is 1.37. The number of pyridine rings is 1. The molecule has 2 atom stereocenters. The molecule has 0 aromatic carbocycles. The van der Waals surface area contributed by atoms with Crippen LogP contribution in [0.2, 0.25) is 0 Å². The number of hydrogen-bond acceptors (Lipinski definition) is 7. The Balaban J connectivity index is 1.46. The Hall–Kier alpha value is -2.63. The monoisotopic (exact) mass is 532 g/mol. The Morgan fingerprint density at radius 2 is 1.86 bits per heavy atom. The number of aryl methyl sites for hydroxylation is 1. The number of hydrogen-bond donors (Lipinski definition) is 2. The average Bonchev–Trinajstić information content (AvgIpc) is 3.24. The maximum Gasteiger partial charge on any atom is 0.262 e. The van der Waals surface area contributed by atoms with E-state index in [9.17, 15) is 22.8 Å². The predicted molar refractivity (Wildman–Crippen MR) is 136 cm³/mol. The molecular weight excluding hydrogens is 500 g/mol. The summed E-state index contributed by atoms with van der Waals surface area (Å²) in [5.41, 5.74) is 0. The van der Waals surface area contributed by atoms with Crippen LogP contribution in [0.5, 0.6) is 0 Å². The number of rotatable bonds is 7. The third-order valence-electron chi connectivity index (χ3n) is 6.83. The second kappa shape index (κ2) is 11.6. The van der Waals surface area contributed by atoms with Crippen LogP contribution in [-0.4, -0.2) is 60.5 Å². The van der Waals surface area contributed by atoms with Crippen molar-refractivity contribution in [3.8, 4) is 0 Å². The quantitative estimate of drug-likeness (QED) is 0.565. The van der Waals surface area contributed by atoms with Crippen LogP contribution in [0.3, 0.4) is 0 Å². The molecule has 9 nitrogen and oxygen atoms in total. The number of nitrogens with one attached hydrogen (secondary N) is 2. The van der Waals surface area contributed by atoms with E-state index in [-0.39, 0.29) is 41.6 Å². The minimum Gasteiger partial charge on any atom is -0.344 e. The van der Waals surface area contributed by atoms with Crippen LogP contribution in [0.1, 0.15) is 59.5 Å². The van der Waals surface area contributed by atoms with Gasteiger partial charge in [-0.05, 0) is 62.8 Å². The Morgan fingerprint density at radius 1 is 1.08 bits per heavy atom. The van der Waals surface area contributed by atoms with Gasteiger partial charge in [-0.1, -0.05) is 25.3 Å². The summed E-state index contributed by atoms with van der Waals surface area (Å²) in [7, 11) is -3.92. The van der Waals surface area contributed by atoms with Crippen LogP contribution in [0.4, 0.5) is 0 Å². The summed E-state index contributed by atoms with van der Waals surface area (Å²) in [6.45, 7) is 1.75. The lowest BCUT2D eigenvalue weighted by atomic mass is 9.83. The van der Waals surface area contributed by atoms with Gasteiger partial charge in [0.1, 0.15) is 6.04 Å². The van der Waals surface area contributed by atoms with E-state index in [4.69, 9.17) is 0 Å². The lowest BCUT2D eigenvalue weighted by Crippen LogP contribution is -2.55. The number of aromatic nitrogens is 1. The molecule has 2 N–H and O–H groups in total. The van der Waals surface area contributed by atoms with Gasteiger partial charge in [-0.3, -0.25) is 14.4 Å². The fourth-order valence-electron chi connectivity index (χ4n) is 4.88. The average molecular weight is 533 g/mol. The van der Waals surface area contributed by atoms with E-state index in [1.165, 1.54) is 23.6 Å². The van der Waals surface area contributed by atoms with Gasteiger partial charge in [0.25, 0.3) is 15.9 Å². The standard InChI is InChI=1S/C25H32N4O5S2/c1-17-12-13-21(35-17)24(31)28-23(18-8-3-2-4-9-18)25(32)27-19-10-7-15-29(16-20(19)30)36(33,34)22-11-5-6-14-26-22/h5-6,11-14,18-19,23H,2-4,7-10,15-16H2,1H3,(H,27,32)(H,28,31)/t19?,23-/m0/s1. The Labute approximate surface area is 215 Å². The molecule has 2 fully saturated rings. The van der Waals surface area contributed by atoms with E-state index in [0.717, 1.165) is 41.3 Å². The molecule has 3 heterocycles. The first-order valence-electron chi connectivity index (χ1n) is 12.4. The summed E-state index contributed by atoms with van der Waals surface area (Å²) in [4.78, 5) is 44.8. The van der Waals surface area contributed by atoms with E-state index < -0.39 is 22.1 Å². The van der Waals surface area contributed by atoms with Gasteiger partial charge in [-0.25, -0.2) is 13.4 Å². The molecule has 2 aliphatic rings. The summed E-state index contributed by atoms with van der Waals surface area (Å²) < 4.78 is 27.1. The van der Waals surface area contributed by atoms with Gasteiger partial charge in [0.2, 0.25) is 5.91 Å². The first-order valence-corrected chi connectivity index (χ1v) is 14.6. The van der Waals surface area contributed by atoms with E-state index in [2.05, 4.69) is 15.6 Å². The molecule has 0 bridgehead atoms. The highest BCUT2D eigenvalue weighted by atomic mass is 32.2. The van der Waals surface area contributed by atoms with Crippen molar-refractivity contribution >= 4 is 39.0 Å². The summed E-state index contributed by atoms with van der Waals surface area (Å²) in [5, 5.41) is 5.66. The fraction of sp³-hybridized carbons (Fsp3) is 0.520. The maximum atomic E-state index is 13.4. The van der Waals surface area contributed by atoms with Crippen molar-refractivity contribution in [2.45, 2.75) is 69.0 Å². The smallest absolute Gasteiger partial charge is 0.262 e. The number of thiophene rings is 1.